The lowest BCUT2D eigenvalue weighted by molar-refractivity contribution is 0.150. The molecule has 0 spiro atoms. The zero-order chi connectivity index (χ0) is 14.2. The van der Waals surface area contributed by atoms with Crippen LogP contribution in [0, 0.1) is 11.8 Å². The number of hydrogen-bond acceptors (Lipinski definition) is 2. The second kappa shape index (κ2) is 5.73. The Hall–Kier alpha value is -0.860. The van der Waals surface area contributed by atoms with Crippen LogP contribution in [0.3, 0.4) is 0 Å². The van der Waals surface area contributed by atoms with Gasteiger partial charge < -0.3 is 5.32 Å². The quantitative estimate of drug-likeness (QED) is 0.902. The van der Waals surface area contributed by atoms with E-state index in [1.165, 1.54) is 51.6 Å². The molecule has 2 fully saturated rings. The number of nitrogens with one attached hydrogen (secondary N) is 1. The highest BCUT2D eigenvalue weighted by molar-refractivity contribution is 5.39. The summed E-state index contributed by atoms with van der Waals surface area (Å²) in [5.74, 6) is 1.87. The van der Waals surface area contributed by atoms with Gasteiger partial charge in [-0.25, -0.2) is 0 Å². The Morgan fingerprint density at radius 2 is 1.48 bits per heavy atom. The molecule has 1 aliphatic carbocycles. The van der Waals surface area contributed by atoms with E-state index < -0.39 is 0 Å². The fourth-order valence-corrected chi connectivity index (χ4v) is 5.11. The van der Waals surface area contributed by atoms with Crippen molar-refractivity contribution in [1.82, 2.24) is 10.2 Å². The van der Waals surface area contributed by atoms with E-state index in [0.717, 1.165) is 23.9 Å². The van der Waals surface area contributed by atoms with E-state index in [4.69, 9.17) is 0 Å². The predicted octanol–water partition coefficient (Wildman–Crippen LogP) is 3.90. The average molecular weight is 284 g/mol. The first-order chi connectivity index (χ1) is 10.4. The van der Waals surface area contributed by atoms with Gasteiger partial charge in [0.1, 0.15) is 0 Å². The lowest BCUT2D eigenvalue weighted by Gasteiger charge is -2.33. The highest BCUT2D eigenvalue weighted by Crippen LogP contribution is 2.53. The van der Waals surface area contributed by atoms with Gasteiger partial charge in [-0.1, -0.05) is 24.3 Å². The van der Waals surface area contributed by atoms with Crippen LogP contribution in [0.15, 0.2) is 24.3 Å². The maximum Gasteiger partial charge on any atom is 0.0358 e. The van der Waals surface area contributed by atoms with Crippen molar-refractivity contribution in [1.29, 1.82) is 0 Å². The van der Waals surface area contributed by atoms with Crippen LogP contribution in [-0.2, 0) is 0 Å². The van der Waals surface area contributed by atoms with E-state index in [-0.39, 0.29) is 0 Å². The molecule has 4 rings (SSSR count). The maximum atomic E-state index is 3.35. The first kappa shape index (κ1) is 13.8. The van der Waals surface area contributed by atoms with Crippen molar-refractivity contribution in [3.8, 4) is 0 Å². The van der Waals surface area contributed by atoms with Gasteiger partial charge in [0.15, 0.2) is 0 Å². The Kier molecular flexibility index (Phi) is 3.76. The molecule has 1 saturated carbocycles. The maximum absolute atomic E-state index is 3.35. The van der Waals surface area contributed by atoms with Crippen LogP contribution in [0.4, 0.5) is 0 Å². The van der Waals surface area contributed by atoms with Gasteiger partial charge in [0.25, 0.3) is 0 Å². The van der Waals surface area contributed by atoms with Crippen LogP contribution in [0.2, 0.25) is 0 Å². The summed E-state index contributed by atoms with van der Waals surface area (Å²) in [7, 11) is 2.09. The first-order valence-corrected chi connectivity index (χ1v) is 8.86. The van der Waals surface area contributed by atoms with E-state index in [2.05, 4.69) is 41.5 Å². The van der Waals surface area contributed by atoms with Crippen LogP contribution >= 0.6 is 0 Å². The Morgan fingerprint density at radius 1 is 0.905 bits per heavy atom. The molecule has 2 aliphatic heterocycles. The molecule has 21 heavy (non-hydrogen) atoms. The van der Waals surface area contributed by atoms with E-state index in [9.17, 15) is 0 Å². The summed E-state index contributed by atoms with van der Waals surface area (Å²) < 4.78 is 0. The lowest BCUT2D eigenvalue weighted by Crippen LogP contribution is -2.31. The van der Waals surface area contributed by atoms with E-state index in [1.54, 1.807) is 11.1 Å². The summed E-state index contributed by atoms with van der Waals surface area (Å²) in [4.78, 5) is 2.84. The monoisotopic (exact) mass is 284 g/mol. The average Bonchev–Trinajstić information content (AvgIpc) is 3.06. The van der Waals surface area contributed by atoms with Crippen molar-refractivity contribution in [2.24, 2.45) is 11.8 Å². The van der Waals surface area contributed by atoms with Crippen molar-refractivity contribution in [3.63, 3.8) is 0 Å². The molecule has 2 nitrogen and oxygen atoms in total. The fraction of sp³-hybridized carbons (Fsp3) is 0.684. The van der Waals surface area contributed by atoms with Gasteiger partial charge in [0.2, 0.25) is 0 Å². The van der Waals surface area contributed by atoms with Gasteiger partial charge in [-0.05, 0) is 75.1 Å². The molecule has 2 unspecified atom stereocenters. The molecule has 2 heteroatoms. The highest BCUT2D eigenvalue weighted by atomic mass is 15.2. The molecule has 2 heterocycles. The summed E-state index contributed by atoms with van der Waals surface area (Å²) >= 11 is 0. The first-order valence-electron chi connectivity index (χ1n) is 8.86. The SMILES string of the molecule is CNCC1CCC(CN2C3CCC2c2ccccc23)CC1. The van der Waals surface area contributed by atoms with Crippen molar-refractivity contribution in [2.75, 3.05) is 20.1 Å². The molecule has 3 aliphatic rings. The van der Waals surface area contributed by atoms with Crippen molar-refractivity contribution < 1.29 is 0 Å². The number of benzene rings is 1. The summed E-state index contributed by atoms with van der Waals surface area (Å²) in [6.07, 6.45) is 8.52. The number of rotatable bonds is 4. The molecule has 1 aromatic rings. The normalized spacial score (nSPS) is 35.1. The van der Waals surface area contributed by atoms with E-state index in [0.29, 0.717) is 0 Å². The molecular formula is C19H28N2. The summed E-state index contributed by atoms with van der Waals surface area (Å²) in [6.45, 7) is 2.56. The summed E-state index contributed by atoms with van der Waals surface area (Å²) in [5.41, 5.74) is 3.27. The van der Waals surface area contributed by atoms with E-state index >= 15 is 0 Å². The minimum Gasteiger partial charge on any atom is -0.319 e. The van der Waals surface area contributed by atoms with Crippen molar-refractivity contribution in [2.45, 2.75) is 50.6 Å². The molecule has 114 valence electrons. The van der Waals surface area contributed by atoms with Crippen LogP contribution in [-0.4, -0.2) is 25.0 Å². The largest absolute Gasteiger partial charge is 0.319 e. The summed E-state index contributed by atoms with van der Waals surface area (Å²) in [5, 5.41) is 3.35. The highest BCUT2D eigenvalue weighted by Gasteiger charge is 2.44. The fourth-order valence-electron chi connectivity index (χ4n) is 5.11. The van der Waals surface area contributed by atoms with Crippen LogP contribution < -0.4 is 5.32 Å². The second-order valence-corrected chi connectivity index (χ2v) is 7.38. The minimum atomic E-state index is 0.737. The predicted molar refractivity (Wildman–Crippen MR) is 87.2 cm³/mol. The lowest BCUT2D eigenvalue weighted by atomic mass is 9.81. The van der Waals surface area contributed by atoms with E-state index in [1.807, 2.05) is 0 Å². The molecule has 0 aromatic heterocycles. The molecule has 0 radical (unpaired) electrons. The van der Waals surface area contributed by atoms with Gasteiger partial charge >= 0.3 is 0 Å². The Bertz CT molecular complexity index is 459. The molecular weight excluding hydrogens is 256 g/mol. The van der Waals surface area contributed by atoms with Gasteiger partial charge in [0.05, 0.1) is 0 Å². The molecule has 0 amide bonds. The number of nitrogens with zero attached hydrogens (tertiary/aromatic N) is 1. The van der Waals surface area contributed by atoms with Crippen LogP contribution in [0.1, 0.15) is 61.7 Å². The minimum absolute atomic E-state index is 0.737. The third-order valence-corrected chi connectivity index (χ3v) is 6.16. The Labute approximate surface area is 128 Å². The summed E-state index contributed by atoms with van der Waals surface area (Å²) in [6, 6.07) is 10.7. The smallest absolute Gasteiger partial charge is 0.0358 e. The molecule has 2 atom stereocenters. The number of hydrogen-bond donors (Lipinski definition) is 1. The van der Waals surface area contributed by atoms with Gasteiger partial charge in [-0.2, -0.15) is 0 Å². The second-order valence-electron chi connectivity index (χ2n) is 7.38. The molecule has 1 N–H and O–H groups in total. The van der Waals surface area contributed by atoms with Gasteiger partial charge in [-0.3, -0.25) is 4.90 Å². The Morgan fingerprint density at radius 3 is 2.05 bits per heavy atom. The zero-order valence-electron chi connectivity index (χ0n) is 13.2. The molecule has 1 saturated heterocycles. The van der Waals surface area contributed by atoms with Crippen LogP contribution in [0.25, 0.3) is 0 Å². The van der Waals surface area contributed by atoms with Gasteiger partial charge in [0, 0.05) is 18.6 Å². The third-order valence-electron chi connectivity index (χ3n) is 6.16. The molecule has 2 bridgehead atoms. The molecule has 1 aromatic carbocycles. The zero-order valence-corrected chi connectivity index (χ0v) is 13.2. The van der Waals surface area contributed by atoms with Gasteiger partial charge in [-0.15, -0.1) is 0 Å². The standard InChI is InChI=1S/C19H28N2/c1-20-12-14-6-8-15(9-7-14)13-21-18-10-11-19(21)17-5-3-2-4-16(17)18/h2-5,14-15,18-20H,6-13H2,1H3. The van der Waals surface area contributed by atoms with Crippen molar-refractivity contribution >= 4 is 0 Å². The topological polar surface area (TPSA) is 15.3 Å². The third kappa shape index (κ3) is 2.43. The number of fused-ring (bicyclic) bond motifs is 5. The van der Waals surface area contributed by atoms with Crippen LogP contribution in [0.5, 0.6) is 0 Å². The van der Waals surface area contributed by atoms with Crippen molar-refractivity contribution in [3.05, 3.63) is 35.4 Å². The Balaban J connectivity index is 1.39.